The maximum Gasteiger partial charge on any atom is 0.308 e. The number of hydrogen-bond acceptors (Lipinski definition) is 7. The summed E-state index contributed by atoms with van der Waals surface area (Å²) in [4.78, 5) is 27.2. The molecule has 9 heteroatoms. The highest BCUT2D eigenvalue weighted by Gasteiger charge is 2.47. The van der Waals surface area contributed by atoms with Gasteiger partial charge in [0.15, 0.2) is 23.0 Å². The standard InChI is InChI=1S/C27H34N2O7/c1-3-4-12-28-25(30)16-29-15-19(18-9-10-23-24(14-18)36-17-35-23)26(27(31)32)20(29)11-13-34-22-8-6-5-7-21(22)33-2/h5-10,14,19-20,26H,3-4,11-13,15-17H2,1-2H3,(H,28,30)(H,31,32). The maximum atomic E-state index is 12.7. The molecule has 0 spiro atoms. The summed E-state index contributed by atoms with van der Waals surface area (Å²) in [6, 6.07) is 12.5. The van der Waals surface area contributed by atoms with Crippen molar-refractivity contribution in [3.63, 3.8) is 0 Å². The summed E-state index contributed by atoms with van der Waals surface area (Å²) < 4.78 is 22.3. The number of nitrogens with one attached hydrogen (secondary N) is 1. The second-order valence-corrected chi connectivity index (χ2v) is 9.07. The summed E-state index contributed by atoms with van der Waals surface area (Å²) in [7, 11) is 1.58. The van der Waals surface area contributed by atoms with E-state index in [9.17, 15) is 14.7 Å². The smallest absolute Gasteiger partial charge is 0.308 e. The van der Waals surface area contributed by atoms with Crippen LogP contribution in [0.5, 0.6) is 23.0 Å². The monoisotopic (exact) mass is 498 g/mol. The van der Waals surface area contributed by atoms with Crippen molar-refractivity contribution >= 4 is 11.9 Å². The Morgan fingerprint density at radius 3 is 2.67 bits per heavy atom. The number of rotatable bonds is 12. The zero-order valence-electron chi connectivity index (χ0n) is 20.8. The van der Waals surface area contributed by atoms with E-state index in [4.69, 9.17) is 18.9 Å². The molecule has 36 heavy (non-hydrogen) atoms. The van der Waals surface area contributed by atoms with Gasteiger partial charge in [-0.05, 0) is 42.7 Å². The number of ether oxygens (including phenoxy) is 4. The second-order valence-electron chi connectivity index (χ2n) is 9.07. The number of carbonyl (C=O) groups is 2. The Morgan fingerprint density at radius 1 is 1.14 bits per heavy atom. The molecule has 9 nitrogen and oxygen atoms in total. The first kappa shape index (κ1) is 25.6. The molecule has 3 atom stereocenters. The molecule has 1 amide bonds. The molecule has 0 radical (unpaired) electrons. The van der Waals surface area contributed by atoms with E-state index in [0.717, 1.165) is 18.4 Å². The molecule has 2 heterocycles. The van der Waals surface area contributed by atoms with Gasteiger partial charge in [0, 0.05) is 25.0 Å². The summed E-state index contributed by atoms with van der Waals surface area (Å²) in [5, 5.41) is 13.2. The number of carboxylic acids is 1. The fraction of sp³-hybridized carbons (Fsp3) is 0.481. The second kappa shape index (κ2) is 12.0. The van der Waals surface area contributed by atoms with Crippen molar-refractivity contribution in [2.24, 2.45) is 5.92 Å². The zero-order valence-corrected chi connectivity index (χ0v) is 20.8. The number of aliphatic carboxylic acids is 1. The minimum absolute atomic E-state index is 0.102. The number of hydrogen-bond donors (Lipinski definition) is 2. The first-order valence-electron chi connectivity index (χ1n) is 12.4. The molecule has 0 saturated carbocycles. The molecule has 3 unspecified atom stereocenters. The highest BCUT2D eigenvalue weighted by molar-refractivity contribution is 5.79. The number of methoxy groups -OCH3 is 1. The molecule has 2 aromatic carbocycles. The number of carbonyl (C=O) groups excluding carboxylic acids is 1. The van der Waals surface area contributed by atoms with Gasteiger partial charge in [-0.2, -0.15) is 0 Å². The van der Waals surface area contributed by atoms with E-state index in [-0.39, 0.29) is 37.8 Å². The molecule has 0 bridgehead atoms. The lowest BCUT2D eigenvalue weighted by Crippen LogP contribution is -2.43. The first-order valence-corrected chi connectivity index (χ1v) is 12.4. The number of carboxylic acid groups (broad SMARTS) is 1. The average molecular weight is 499 g/mol. The van der Waals surface area contributed by atoms with Gasteiger partial charge in [-0.3, -0.25) is 14.5 Å². The number of benzene rings is 2. The van der Waals surface area contributed by atoms with Gasteiger partial charge in [0.2, 0.25) is 12.7 Å². The van der Waals surface area contributed by atoms with E-state index in [0.29, 0.717) is 42.5 Å². The van der Waals surface area contributed by atoms with Gasteiger partial charge in [0.1, 0.15) is 0 Å². The third-order valence-electron chi connectivity index (χ3n) is 6.80. The van der Waals surface area contributed by atoms with Crippen LogP contribution in [-0.2, 0) is 9.59 Å². The molecule has 2 aliphatic heterocycles. The van der Waals surface area contributed by atoms with Crippen LogP contribution >= 0.6 is 0 Å². The van der Waals surface area contributed by atoms with Crippen LogP contribution in [0, 0.1) is 5.92 Å². The Kier molecular flexibility index (Phi) is 8.53. The van der Waals surface area contributed by atoms with Crippen LogP contribution in [0.2, 0.25) is 0 Å². The van der Waals surface area contributed by atoms with E-state index in [1.54, 1.807) is 7.11 Å². The molecule has 194 valence electrons. The fourth-order valence-corrected chi connectivity index (χ4v) is 5.01. The maximum absolute atomic E-state index is 12.7. The first-order chi connectivity index (χ1) is 17.5. The summed E-state index contributed by atoms with van der Waals surface area (Å²) in [6.45, 7) is 3.69. The topological polar surface area (TPSA) is 107 Å². The summed E-state index contributed by atoms with van der Waals surface area (Å²) in [5.74, 6) is 0.460. The molecular formula is C27H34N2O7. The molecule has 0 aromatic heterocycles. The zero-order chi connectivity index (χ0) is 25.5. The predicted octanol–water partition coefficient (Wildman–Crippen LogP) is 3.28. The van der Waals surface area contributed by atoms with Gasteiger partial charge >= 0.3 is 5.97 Å². The Balaban J connectivity index is 1.53. The summed E-state index contributed by atoms with van der Waals surface area (Å²) >= 11 is 0. The molecular weight excluding hydrogens is 464 g/mol. The van der Waals surface area contributed by atoms with Crippen molar-refractivity contribution in [3.05, 3.63) is 48.0 Å². The van der Waals surface area contributed by atoms with Gasteiger partial charge in [0.25, 0.3) is 0 Å². The Bertz CT molecular complexity index is 1060. The van der Waals surface area contributed by atoms with Crippen molar-refractivity contribution in [3.8, 4) is 23.0 Å². The molecule has 4 rings (SSSR count). The molecule has 1 saturated heterocycles. The fourth-order valence-electron chi connectivity index (χ4n) is 5.01. The molecule has 2 aromatic rings. The number of unbranched alkanes of at least 4 members (excludes halogenated alkanes) is 1. The molecule has 1 fully saturated rings. The number of nitrogens with zero attached hydrogens (tertiary/aromatic N) is 1. The highest BCUT2D eigenvalue weighted by Crippen LogP contribution is 2.42. The van der Waals surface area contributed by atoms with Crippen molar-refractivity contribution in [1.29, 1.82) is 0 Å². The van der Waals surface area contributed by atoms with Crippen molar-refractivity contribution in [1.82, 2.24) is 10.2 Å². The quantitative estimate of drug-likeness (QED) is 0.430. The third kappa shape index (κ3) is 5.84. The Morgan fingerprint density at radius 2 is 1.92 bits per heavy atom. The van der Waals surface area contributed by atoms with Crippen LogP contribution < -0.4 is 24.3 Å². The average Bonchev–Trinajstić information content (AvgIpc) is 3.49. The predicted molar refractivity (Wildman–Crippen MR) is 133 cm³/mol. The summed E-state index contributed by atoms with van der Waals surface area (Å²) in [6.07, 6.45) is 2.33. The normalized spacial score (nSPS) is 20.8. The largest absolute Gasteiger partial charge is 0.493 e. The molecule has 0 aliphatic carbocycles. The minimum Gasteiger partial charge on any atom is -0.493 e. The van der Waals surface area contributed by atoms with Crippen LogP contribution in [0.15, 0.2) is 42.5 Å². The SMILES string of the molecule is CCCCNC(=O)CN1CC(c2ccc3c(c2)OCO3)C(C(=O)O)C1CCOc1ccccc1OC. The van der Waals surface area contributed by atoms with Gasteiger partial charge in [-0.15, -0.1) is 0 Å². The van der Waals surface area contributed by atoms with Crippen LogP contribution in [-0.4, -0.2) is 68.1 Å². The van der Waals surface area contributed by atoms with Gasteiger partial charge in [0.05, 0.1) is 26.2 Å². The number of amides is 1. The van der Waals surface area contributed by atoms with Gasteiger partial charge in [-0.25, -0.2) is 0 Å². The minimum atomic E-state index is -0.895. The van der Waals surface area contributed by atoms with Crippen LogP contribution in [0.25, 0.3) is 0 Å². The molecule has 2 aliphatic rings. The van der Waals surface area contributed by atoms with E-state index in [1.165, 1.54) is 0 Å². The van der Waals surface area contributed by atoms with E-state index in [2.05, 4.69) is 12.2 Å². The highest BCUT2D eigenvalue weighted by atomic mass is 16.7. The summed E-state index contributed by atoms with van der Waals surface area (Å²) in [5.41, 5.74) is 0.858. The van der Waals surface area contributed by atoms with Crippen molar-refractivity contribution < 1.29 is 33.6 Å². The van der Waals surface area contributed by atoms with Crippen molar-refractivity contribution in [2.75, 3.05) is 40.1 Å². The van der Waals surface area contributed by atoms with Gasteiger partial charge in [-0.1, -0.05) is 31.5 Å². The lowest BCUT2D eigenvalue weighted by Gasteiger charge is -2.26. The van der Waals surface area contributed by atoms with Crippen LogP contribution in [0.3, 0.4) is 0 Å². The number of fused-ring (bicyclic) bond motifs is 1. The van der Waals surface area contributed by atoms with Crippen LogP contribution in [0.1, 0.15) is 37.7 Å². The number of para-hydroxylation sites is 2. The lowest BCUT2D eigenvalue weighted by molar-refractivity contribution is -0.143. The number of likely N-dealkylation sites (tertiary alicyclic amines) is 1. The van der Waals surface area contributed by atoms with E-state index >= 15 is 0 Å². The van der Waals surface area contributed by atoms with E-state index in [1.807, 2.05) is 47.4 Å². The molecule has 2 N–H and O–H groups in total. The Labute approximate surface area is 211 Å². The van der Waals surface area contributed by atoms with Crippen molar-refractivity contribution in [2.45, 2.75) is 38.1 Å². The van der Waals surface area contributed by atoms with Crippen LogP contribution in [0.4, 0.5) is 0 Å². The van der Waals surface area contributed by atoms with E-state index < -0.39 is 11.9 Å². The third-order valence-corrected chi connectivity index (χ3v) is 6.80. The lowest BCUT2D eigenvalue weighted by atomic mass is 9.84. The Hall–Kier alpha value is -3.46. The van der Waals surface area contributed by atoms with Gasteiger partial charge < -0.3 is 29.4 Å².